The van der Waals surface area contributed by atoms with Crippen LogP contribution < -0.4 is 25.4 Å². The van der Waals surface area contributed by atoms with Crippen molar-refractivity contribution in [3.8, 4) is 45.5 Å². The molecule has 6 aromatic rings. The molecule has 3 aromatic carbocycles. The summed E-state index contributed by atoms with van der Waals surface area (Å²) in [5.41, 5.74) is 6.16. The number of ether oxygens (including phenoxy) is 2. The van der Waals surface area contributed by atoms with Gasteiger partial charge in [0.25, 0.3) is 0 Å². The van der Waals surface area contributed by atoms with Crippen molar-refractivity contribution in [1.29, 1.82) is 0 Å². The van der Waals surface area contributed by atoms with Crippen LogP contribution in [0.3, 0.4) is 0 Å². The summed E-state index contributed by atoms with van der Waals surface area (Å²) in [6.45, 7) is 7.42. The zero-order chi connectivity index (χ0) is 37.2. The fourth-order valence-corrected chi connectivity index (χ4v) is 8.63. The van der Waals surface area contributed by atoms with Gasteiger partial charge in [0.2, 0.25) is 23.6 Å². The predicted octanol–water partition coefficient (Wildman–Crippen LogP) is 5.82. The molecule has 0 aliphatic carbocycles. The molecule has 7 heterocycles. The zero-order valence-corrected chi connectivity index (χ0v) is 30.2. The number of aliphatic hydroxyl groups is 1. The summed E-state index contributed by atoms with van der Waals surface area (Å²) in [4.78, 5) is 40.7. The third kappa shape index (κ3) is 4.35. The summed E-state index contributed by atoms with van der Waals surface area (Å²) in [6, 6.07) is 14.3. The van der Waals surface area contributed by atoms with Crippen molar-refractivity contribution < 1.29 is 33.0 Å². The lowest BCUT2D eigenvalue weighted by Crippen LogP contribution is -2.52. The summed E-state index contributed by atoms with van der Waals surface area (Å²) in [6.07, 6.45) is 1.79. The van der Waals surface area contributed by atoms with Crippen molar-refractivity contribution in [2.24, 2.45) is 11.8 Å². The Balaban J connectivity index is 1.28. The molecule has 0 saturated carbocycles. The maximum atomic E-state index is 14.2. The summed E-state index contributed by atoms with van der Waals surface area (Å²) in [7, 11) is 1.65. The molecule has 4 aliphatic rings. The zero-order valence-electron chi connectivity index (χ0n) is 30.2. The van der Waals surface area contributed by atoms with Gasteiger partial charge in [-0.2, -0.15) is 0 Å². The number of nitrogens with one attached hydrogen (secondary N) is 4. The van der Waals surface area contributed by atoms with Crippen molar-refractivity contribution >= 4 is 28.4 Å². The number of hydrogen-bond acceptors (Lipinski definition) is 10. The fourth-order valence-electron chi connectivity index (χ4n) is 8.63. The number of benzene rings is 3. The van der Waals surface area contributed by atoms with Gasteiger partial charge in [0.15, 0.2) is 23.4 Å². The molecule has 10 rings (SSSR count). The average Bonchev–Trinajstić information content (AvgIpc) is 3.98. The van der Waals surface area contributed by atoms with Gasteiger partial charge in [0, 0.05) is 45.9 Å². The summed E-state index contributed by atoms with van der Waals surface area (Å²) < 4.78 is 26.2. The van der Waals surface area contributed by atoms with E-state index in [1.165, 1.54) is 0 Å². The number of anilines is 1. The van der Waals surface area contributed by atoms with Gasteiger partial charge in [-0.1, -0.05) is 58.0 Å². The molecule has 0 radical (unpaired) electrons. The number of fused-ring (bicyclic) bond motifs is 7. The second-order valence-electron chi connectivity index (χ2n) is 15.2. The number of aromatic amines is 1. The molecule has 0 saturated heterocycles. The molecule has 10 bridgehead atoms. The molecule has 2 amide bonds. The Hall–Kier alpha value is -6.08. The maximum absolute atomic E-state index is 14.2. The van der Waals surface area contributed by atoms with Crippen LogP contribution >= 0.6 is 0 Å². The second-order valence-corrected chi connectivity index (χ2v) is 15.2. The largest absolute Gasteiger partial charge is 0.495 e. The van der Waals surface area contributed by atoms with Crippen LogP contribution in [-0.2, 0) is 21.4 Å². The van der Waals surface area contributed by atoms with Crippen molar-refractivity contribution in [3.05, 3.63) is 89.3 Å². The Morgan fingerprint density at radius 3 is 2.69 bits per heavy atom. The van der Waals surface area contributed by atoms with Gasteiger partial charge in [0.1, 0.15) is 35.1 Å². The molecule has 4 aliphatic heterocycles. The van der Waals surface area contributed by atoms with E-state index < -0.39 is 41.6 Å². The Labute approximate surface area is 309 Å². The smallest absolute Gasteiger partial charge is 0.249 e. The Bertz CT molecular complexity index is 2550. The van der Waals surface area contributed by atoms with Gasteiger partial charge in [-0.05, 0) is 41.2 Å². The molecule has 13 heteroatoms. The number of H-pyrrole nitrogens is 1. The van der Waals surface area contributed by atoms with Crippen LogP contribution in [0.25, 0.3) is 44.9 Å². The molecular weight excluding hydrogens is 688 g/mol. The molecule has 13 nitrogen and oxygen atoms in total. The van der Waals surface area contributed by atoms with Gasteiger partial charge >= 0.3 is 0 Å². The first-order valence-corrected chi connectivity index (χ1v) is 18.2. The van der Waals surface area contributed by atoms with Crippen molar-refractivity contribution in [1.82, 2.24) is 25.6 Å². The SMILES string of the molecule is COc1ccc2c3c(c[nH]c13)-c1cnc(o1)-c1nc3oc1C14c5cc(ccc5OC1Nc1c-2cccc14)C[C@H](NC(=O)[C@@H](O)C(C)C)C(=O)N[C@H]3C(C)C. The van der Waals surface area contributed by atoms with Gasteiger partial charge in [-0.15, -0.1) is 0 Å². The minimum absolute atomic E-state index is 0.157. The normalized spacial score (nSPS) is 22.1. The third-order valence-electron chi connectivity index (χ3n) is 11.4. The predicted molar refractivity (Wildman–Crippen MR) is 198 cm³/mol. The first-order valence-electron chi connectivity index (χ1n) is 18.2. The number of aromatic nitrogens is 3. The lowest BCUT2D eigenvalue weighted by atomic mass is 9.72. The number of amides is 2. The third-order valence-corrected chi connectivity index (χ3v) is 11.4. The van der Waals surface area contributed by atoms with Crippen LogP contribution in [0, 0.1) is 11.8 Å². The van der Waals surface area contributed by atoms with Crippen molar-refractivity contribution in [2.45, 2.75) is 63.9 Å². The van der Waals surface area contributed by atoms with Crippen LogP contribution in [0.4, 0.5) is 5.69 Å². The number of carbonyl (C=O) groups excluding carboxylic acids is 2. The first-order chi connectivity index (χ1) is 26.1. The van der Waals surface area contributed by atoms with E-state index in [0.717, 1.165) is 50.0 Å². The summed E-state index contributed by atoms with van der Waals surface area (Å²) >= 11 is 0. The van der Waals surface area contributed by atoms with Crippen LogP contribution in [-0.4, -0.2) is 57.4 Å². The van der Waals surface area contributed by atoms with Crippen LogP contribution in [0.1, 0.15) is 62.1 Å². The number of nitrogens with zero attached hydrogens (tertiary/aromatic N) is 2. The molecule has 54 heavy (non-hydrogen) atoms. The van der Waals surface area contributed by atoms with Crippen LogP contribution in [0.5, 0.6) is 11.5 Å². The lowest BCUT2D eigenvalue weighted by Gasteiger charge is -2.29. The highest BCUT2D eigenvalue weighted by Gasteiger charge is 2.61. The molecule has 5 atom stereocenters. The number of aliphatic hydroxyl groups excluding tert-OH is 1. The molecule has 3 aromatic heterocycles. The van der Waals surface area contributed by atoms with E-state index in [0.29, 0.717) is 28.7 Å². The van der Waals surface area contributed by atoms with Crippen LogP contribution in [0.15, 0.2) is 69.8 Å². The Kier molecular flexibility index (Phi) is 6.91. The van der Waals surface area contributed by atoms with Crippen molar-refractivity contribution in [3.63, 3.8) is 0 Å². The second kappa shape index (κ2) is 11.5. The van der Waals surface area contributed by atoms with E-state index in [2.05, 4.69) is 39.1 Å². The van der Waals surface area contributed by atoms with Crippen molar-refractivity contribution in [2.75, 3.05) is 12.4 Å². The Morgan fingerprint density at radius 1 is 1.04 bits per heavy atom. The average molecular weight is 727 g/mol. The number of oxazole rings is 2. The maximum Gasteiger partial charge on any atom is 0.249 e. The highest BCUT2D eigenvalue weighted by Crippen LogP contribution is 2.61. The van der Waals surface area contributed by atoms with E-state index in [1.54, 1.807) is 27.2 Å². The number of para-hydroxylation sites is 1. The number of hydrogen-bond donors (Lipinski definition) is 5. The summed E-state index contributed by atoms with van der Waals surface area (Å²) in [5, 5.41) is 21.2. The lowest BCUT2D eigenvalue weighted by molar-refractivity contribution is -0.135. The molecule has 0 fully saturated rings. The summed E-state index contributed by atoms with van der Waals surface area (Å²) in [5.74, 6) is 1.23. The van der Waals surface area contributed by atoms with Gasteiger partial charge < -0.3 is 44.3 Å². The molecule has 2 unspecified atom stereocenters. The molecule has 5 N–H and O–H groups in total. The van der Waals surface area contributed by atoms with Gasteiger partial charge in [0.05, 0.1) is 18.8 Å². The Morgan fingerprint density at radius 2 is 1.89 bits per heavy atom. The van der Waals surface area contributed by atoms with E-state index >= 15 is 0 Å². The monoisotopic (exact) mass is 726 g/mol. The highest BCUT2D eigenvalue weighted by atomic mass is 16.5. The quantitative estimate of drug-likeness (QED) is 0.146. The standard InChI is InChI=1S/C41H38N6O7/c1-17(2)30-39-46-33-35(54-39)41-23-8-6-7-21(20-10-12-27(51-5)32-29(20)22(15-42-32)28-16-43-38(33)52-28)31(23)47-40(41)53-26-11-9-19(13-24(26)41)14-25(36(49)45-30)44-37(50)34(48)18(3)4/h6-13,15-18,25,30,34,40,42,47-48H,14H2,1-5H3,(H,44,50)(H,45,49)/t25-,30-,34-,40?,41?/m0/s1. The minimum atomic E-state index is -1.29. The molecular formula is C41H38N6O7. The highest BCUT2D eigenvalue weighted by molar-refractivity contribution is 6.09. The van der Waals surface area contributed by atoms with E-state index in [-0.39, 0.29) is 30.0 Å². The topological polar surface area (TPSA) is 177 Å². The van der Waals surface area contributed by atoms with Gasteiger partial charge in [-0.3, -0.25) is 9.59 Å². The van der Waals surface area contributed by atoms with E-state index in [9.17, 15) is 14.7 Å². The fraction of sp³-hybridized carbons (Fsp3) is 0.317. The van der Waals surface area contributed by atoms with Gasteiger partial charge in [-0.25, -0.2) is 9.97 Å². The number of carbonyl (C=O) groups is 2. The van der Waals surface area contributed by atoms with E-state index in [4.69, 9.17) is 28.3 Å². The first kappa shape index (κ1) is 32.6. The van der Waals surface area contributed by atoms with E-state index in [1.807, 2.05) is 50.4 Å². The molecule has 274 valence electrons. The number of methoxy groups -OCH3 is 1. The molecule has 1 spiro atoms. The van der Waals surface area contributed by atoms with Crippen LogP contribution in [0.2, 0.25) is 0 Å². The number of rotatable bonds is 5. The minimum Gasteiger partial charge on any atom is -0.495 e.